The SMILES string of the molecule is c1cc(Oc2ncn3ccccc23)cc([C@@H]2CNCCO2)c1. The summed E-state index contributed by atoms with van der Waals surface area (Å²) < 4.78 is 13.7. The van der Waals surface area contributed by atoms with Crippen molar-refractivity contribution in [3.05, 3.63) is 60.6 Å². The summed E-state index contributed by atoms with van der Waals surface area (Å²) in [6, 6.07) is 13.9. The summed E-state index contributed by atoms with van der Waals surface area (Å²) in [7, 11) is 0. The van der Waals surface area contributed by atoms with Gasteiger partial charge in [0.1, 0.15) is 17.6 Å². The summed E-state index contributed by atoms with van der Waals surface area (Å²) in [5, 5.41) is 3.34. The second kappa shape index (κ2) is 5.79. The Labute approximate surface area is 128 Å². The van der Waals surface area contributed by atoms with Crippen molar-refractivity contribution in [2.75, 3.05) is 19.7 Å². The molecular weight excluding hydrogens is 278 g/mol. The fraction of sp³-hybridized carbons (Fsp3) is 0.235. The van der Waals surface area contributed by atoms with Gasteiger partial charge in [0, 0.05) is 19.3 Å². The first-order valence-electron chi connectivity index (χ1n) is 7.42. The molecule has 0 aliphatic carbocycles. The minimum absolute atomic E-state index is 0.0797. The molecule has 2 aromatic heterocycles. The second-order valence-corrected chi connectivity index (χ2v) is 5.28. The number of benzene rings is 1. The van der Waals surface area contributed by atoms with E-state index in [1.807, 2.05) is 47.0 Å². The Morgan fingerprint density at radius 1 is 1.23 bits per heavy atom. The van der Waals surface area contributed by atoms with E-state index in [0.717, 1.165) is 36.5 Å². The van der Waals surface area contributed by atoms with Gasteiger partial charge in [-0.2, -0.15) is 0 Å². The highest BCUT2D eigenvalue weighted by atomic mass is 16.5. The van der Waals surface area contributed by atoms with Gasteiger partial charge in [-0.3, -0.25) is 0 Å². The third-order valence-electron chi connectivity index (χ3n) is 3.78. The van der Waals surface area contributed by atoms with Gasteiger partial charge in [-0.1, -0.05) is 18.2 Å². The Balaban J connectivity index is 1.60. The maximum Gasteiger partial charge on any atom is 0.245 e. The van der Waals surface area contributed by atoms with E-state index >= 15 is 0 Å². The first-order chi connectivity index (χ1) is 10.9. The van der Waals surface area contributed by atoms with Crippen molar-refractivity contribution in [2.24, 2.45) is 0 Å². The summed E-state index contributed by atoms with van der Waals surface area (Å²) in [5.41, 5.74) is 2.07. The van der Waals surface area contributed by atoms with Crippen LogP contribution in [0.25, 0.3) is 5.52 Å². The molecule has 1 aliphatic heterocycles. The molecule has 112 valence electrons. The molecule has 1 N–H and O–H groups in total. The van der Waals surface area contributed by atoms with Crippen LogP contribution >= 0.6 is 0 Å². The summed E-state index contributed by atoms with van der Waals surface area (Å²) in [6.07, 6.45) is 3.78. The fourth-order valence-corrected chi connectivity index (χ4v) is 2.67. The Morgan fingerprint density at radius 3 is 3.14 bits per heavy atom. The maximum atomic E-state index is 5.96. The van der Waals surface area contributed by atoms with Crippen LogP contribution in [0.2, 0.25) is 0 Å². The van der Waals surface area contributed by atoms with Crippen LogP contribution in [0.3, 0.4) is 0 Å². The number of rotatable bonds is 3. The zero-order valence-electron chi connectivity index (χ0n) is 12.1. The molecule has 22 heavy (non-hydrogen) atoms. The van der Waals surface area contributed by atoms with E-state index in [1.165, 1.54) is 0 Å². The molecule has 0 saturated carbocycles. The molecule has 0 radical (unpaired) electrons. The lowest BCUT2D eigenvalue weighted by Crippen LogP contribution is -2.33. The van der Waals surface area contributed by atoms with Gasteiger partial charge in [0.2, 0.25) is 5.88 Å². The Bertz CT molecular complexity index is 778. The van der Waals surface area contributed by atoms with E-state index in [1.54, 1.807) is 6.33 Å². The summed E-state index contributed by atoms with van der Waals surface area (Å²) in [6.45, 7) is 2.48. The average Bonchev–Trinajstić information content (AvgIpc) is 2.99. The van der Waals surface area contributed by atoms with Crippen LogP contribution < -0.4 is 10.1 Å². The average molecular weight is 295 g/mol. The van der Waals surface area contributed by atoms with Crippen molar-refractivity contribution in [2.45, 2.75) is 6.10 Å². The van der Waals surface area contributed by atoms with Crippen LogP contribution in [0.4, 0.5) is 0 Å². The number of imidazole rings is 1. The van der Waals surface area contributed by atoms with Gasteiger partial charge in [-0.15, -0.1) is 0 Å². The third-order valence-corrected chi connectivity index (χ3v) is 3.78. The monoisotopic (exact) mass is 295 g/mol. The van der Waals surface area contributed by atoms with E-state index in [-0.39, 0.29) is 6.10 Å². The van der Waals surface area contributed by atoms with Crippen LogP contribution in [0.15, 0.2) is 55.0 Å². The molecule has 1 aliphatic rings. The first-order valence-corrected chi connectivity index (χ1v) is 7.42. The van der Waals surface area contributed by atoms with E-state index in [4.69, 9.17) is 9.47 Å². The molecule has 0 unspecified atom stereocenters. The molecule has 1 atom stereocenters. The van der Waals surface area contributed by atoms with E-state index in [0.29, 0.717) is 5.88 Å². The molecule has 3 heterocycles. The van der Waals surface area contributed by atoms with Crippen LogP contribution in [-0.2, 0) is 4.74 Å². The molecular formula is C17H17N3O2. The first kappa shape index (κ1) is 13.3. The molecule has 5 heteroatoms. The second-order valence-electron chi connectivity index (χ2n) is 5.28. The predicted molar refractivity (Wildman–Crippen MR) is 83.3 cm³/mol. The molecule has 1 fully saturated rings. The summed E-state index contributed by atoms with van der Waals surface area (Å²) >= 11 is 0. The van der Waals surface area contributed by atoms with E-state index in [9.17, 15) is 0 Å². The topological polar surface area (TPSA) is 47.8 Å². The number of hydrogen-bond donors (Lipinski definition) is 1. The van der Waals surface area contributed by atoms with Crippen LogP contribution in [0.5, 0.6) is 11.6 Å². The van der Waals surface area contributed by atoms with Gasteiger partial charge in [0.25, 0.3) is 0 Å². The van der Waals surface area contributed by atoms with Gasteiger partial charge >= 0.3 is 0 Å². The maximum absolute atomic E-state index is 5.96. The standard InChI is InChI=1S/C17H17N3O2/c1-2-8-20-12-19-17(15(20)6-1)22-14-5-3-4-13(10-14)16-11-18-7-9-21-16/h1-6,8,10,12,16,18H,7,9,11H2/t16-/m0/s1. The number of morpholine rings is 1. The van der Waals surface area contributed by atoms with E-state index < -0.39 is 0 Å². The smallest absolute Gasteiger partial charge is 0.245 e. The Morgan fingerprint density at radius 2 is 2.23 bits per heavy atom. The highest BCUT2D eigenvalue weighted by molar-refractivity contribution is 5.57. The minimum Gasteiger partial charge on any atom is -0.437 e. The Hall–Kier alpha value is -2.37. The van der Waals surface area contributed by atoms with Crippen molar-refractivity contribution in [3.63, 3.8) is 0 Å². The van der Waals surface area contributed by atoms with Gasteiger partial charge in [-0.05, 0) is 29.8 Å². The van der Waals surface area contributed by atoms with Crippen LogP contribution in [-0.4, -0.2) is 29.1 Å². The van der Waals surface area contributed by atoms with E-state index in [2.05, 4.69) is 16.4 Å². The number of nitrogens with one attached hydrogen (secondary N) is 1. The highest BCUT2D eigenvalue weighted by Crippen LogP contribution is 2.28. The zero-order valence-corrected chi connectivity index (χ0v) is 12.1. The summed E-state index contributed by atoms with van der Waals surface area (Å²) in [4.78, 5) is 4.33. The highest BCUT2D eigenvalue weighted by Gasteiger charge is 2.16. The van der Waals surface area contributed by atoms with Crippen LogP contribution in [0, 0.1) is 0 Å². The molecule has 1 saturated heterocycles. The molecule has 1 aromatic carbocycles. The molecule has 3 aromatic rings. The van der Waals surface area contributed by atoms with Crippen molar-refractivity contribution in [1.82, 2.24) is 14.7 Å². The fourth-order valence-electron chi connectivity index (χ4n) is 2.67. The third kappa shape index (κ3) is 2.56. The number of nitrogens with zero attached hydrogens (tertiary/aromatic N) is 2. The quantitative estimate of drug-likeness (QED) is 0.807. The van der Waals surface area contributed by atoms with Crippen molar-refractivity contribution < 1.29 is 9.47 Å². The number of fused-ring (bicyclic) bond motifs is 1. The number of hydrogen-bond acceptors (Lipinski definition) is 4. The number of ether oxygens (including phenoxy) is 2. The van der Waals surface area contributed by atoms with Crippen molar-refractivity contribution >= 4 is 5.52 Å². The summed E-state index contributed by atoms with van der Waals surface area (Å²) in [5.74, 6) is 1.39. The zero-order chi connectivity index (χ0) is 14.8. The van der Waals surface area contributed by atoms with Gasteiger partial charge in [-0.25, -0.2) is 4.98 Å². The van der Waals surface area contributed by atoms with Crippen molar-refractivity contribution in [3.8, 4) is 11.6 Å². The van der Waals surface area contributed by atoms with Gasteiger partial charge < -0.3 is 19.2 Å². The lowest BCUT2D eigenvalue weighted by atomic mass is 10.1. The van der Waals surface area contributed by atoms with Crippen LogP contribution in [0.1, 0.15) is 11.7 Å². The molecule has 0 amide bonds. The van der Waals surface area contributed by atoms with Crippen molar-refractivity contribution in [1.29, 1.82) is 0 Å². The molecule has 5 nitrogen and oxygen atoms in total. The minimum atomic E-state index is 0.0797. The molecule has 0 bridgehead atoms. The molecule has 4 rings (SSSR count). The van der Waals surface area contributed by atoms with Gasteiger partial charge in [0.05, 0.1) is 12.7 Å². The molecule has 0 spiro atoms. The number of pyridine rings is 1. The number of aromatic nitrogens is 2. The van der Waals surface area contributed by atoms with Gasteiger partial charge in [0.15, 0.2) is 0 Å². The normalized spacial score (nSPS) is 18.5. The lowest BCUT2D eigenvalue weighted by molar-refractivity contribution is 0.0276. The largest absolute Gasteiger partial charge is 0.437 e. The lowest BCUT2D eigenvalue weighted by Gasteiger charge is -2.24. The Kier molecular flexibility index (Phi) is 3.50. The predicted octanol–water partition coefficient (Wildman–Crippen LogP) is 2.79.